The molecular formula is C21H22N2O4. The molecule has 0 aliphatic carbocycles. The summed E-state index contributed by atoms with van der Waals surface area (Å²) in [6.07, 6.45) is 5.83. The Balaban J connectivity index is 1.76. The molecule has 1 saturated heterocycles. The van der Waals surface area contributed by atoms with Crippen molar-refractivity contribution < 1.29 is 19.4 Å². The Morgan fingerprint density at radius 1 is 1.30 bits per heavy atom. The third kappa shape index (κ3) is 3.17. The number of phenols is 1. The van der Waals surface area contributed by atoms with Gasteiger partial charge in [-0.1, -0.05) is 0 Å². The van der Waals surface area contributed by atoms with Crippen molar-refractivity contribution in [1.29, 1.82) is 0 Å². The van der Waals surface area contributed by atoms with Gasteiger partial charge in [-0.25, -0.2) is 4.98 Å². The third-order valence-corrected chi connectivity index (χ3v) is 5.18. The van der Waals surface area contributed by atoms with E-state index in [2.05, 4.69) is 17.1 Å². The summed E-state index contributed by atoms with van der Waals surface area (Å²) in [4.78, 5) is 16.3. The maximum Gasteiger partial charge on any atom is 0.167 e. The van der Waals surface area contributed by atoms with E-state index >= 15 is 0 Å². The van der Waals surface area contributed by atoms with Gasteiger partial charge < -0.3 is 14.6 Å². The molecule has 0 spiro atoms. The van der Waals surface area contributed by atoms with Crippen LogP contribution in [0.4, 0.5) is 0 Å². The highest BCUT2D eigenvalue weighted by atomic mass is 16.5. The van der Waals surface area contributed by atoms with Crippen LogP contribution in [0.25, 0.3) is 16.9 Å². The largest absolute Gasteiger partial charge is 0.507 e. The molecule has 1 aliphatic rings. The minimum atomic E-state index is -0.241. The molecule has 0 unspecified atom stereocenters. The van der Waals surface area contributed by atoms with E-state index < -0.39 is 0 Å². The van der Waals surface area contributed by atoms with Crippen LogP contribution in [-0.4, -0.2) is 40.6 Å². The fraction of sp³-hybridized carbons (Fsp3) is 0.333. The molecule has 6 heteroatoms. The van der Waals surface area contributed by atoms with Gasteiger partial charge in [-0.3, -0.25) is 9.20 Å². The van der Waals surface area contributed by atoms with Gasteiger partial charge in [-0.15, -0.1) is 0 Å². The number of aromatic hydroxyl groups is 1. The molecule has 1 fully saturated rings. The molecular weight excluding hydrogens is 344 g/mol. The van der Waals surface area contributed by atoms with E-state index in [0.717, 1.165) is 43.0 Å². The van der Waals surface area contributed by atoms with Crippen LogP contribution in [-0.2, 0) is 4.74 Å². The number of hydrogen-bond donors (Lipinski definition) is 1. The molecule has 140 valence electrons. The zero-order valence-corrected chi connectivity index (χ0v) is 15.4. The maximum absolute atomic E-state index is 11.8. The van der Waals surface area contributed by atoms with Gasteiger partial charge in [0.2, 0.25) is 0 Å². The van der Waals surface area contributed by atoms with Crippen LogP contribution < -0.4 is 4.74 Å². The summed E-state index contributed by atoms with van der Waals surface area (Å²) in [6.45, 7) is 3.01. The number of carbonyl (C=O) groups is 1. The van der Waals surface area contributed by atoms with Crippen molar-refractivity contribution in [3.8, 4) is 22.8 Å². The smallest absolute Gasteiger partial charge is 0.167 e. The monoisotopic (exact) mass is 366 g/mol. The lowest BCUT2D eigenvalue weighted by Gasteiger charge is -2.22. The predicted molar refractivity (Wildman–Crippen MR) is 102 cm³/mol. The van der Waals surface area contributed by atoms with E-state index in [4.69, 9.17) is 9.47 Å². The number of fused-ring (bicyclic) bond motifs is 1. The summed E-state index contributed by atoms with van der Waals surface area (Å²) in [6, 6.07) is 7.57. The van der Waals surface area contributed by atoms with Crippen LogP contribution in [0, 0.1) is 0 Å². The number of aromatic nitrogens is 2. The van der Waals surface area contributed by atoms with E-state index in [1.54, 1.807) is 18.3 Å². The Bertz CT molecular complexity index is 1000. The number of Topliss-reactive ketones (excluding diaryl/α,β-unsaturated/α-hetero) is 1. The van der Waals surface area contributed by atoms with Crippen LogP contribution in [0.3, 0.4) is 0 Å². The van der Waals surface area contributed by atoms with Gasteiger partial charge in [-0.05, 0) is 55.5 Å². The molecule has 3 heterocycles. The number of imidazole rings is 1. The molecule has 1 aromatic carbocycles. The minimum absolute atomic E-state index is 0.0920. The molecule has 0 saturated carbocycles. The van der Waals surface area contributed by atoms with Gasteiger partial charge in [0.15, 0.2) is 5.78 Å². The number of nitrogens with zero attached hydrogens (tertiary/aromatic N) is 2. The van der Waals surface area contributed by atoms with Gasteiger partial charge >= 0.3 is 0 Å². The molecule has 0 radical (unpaired) electrons. The van der Waals surface area contributed by atoms with E-state index in [1.807, 2.05) is 10.6 Å². The Hall–Kier alpha value is -2.86. The maximum atomic E-state index is 11.8. The predicted octanol–water partition coefficient (Wildman–Crippen LogP) is 3.81. The number of ether oxygens (including phenoxy) is 2. The second kappa shape index (κ2) is 7.04. The second-order valence-electron chi connectivity index (χ2n) is 6.85. The van der Waals surface area contributed by atoms with Crippen molar-refractivity contribution in [2.45, 2.75) is 25.7 Å². The minimum Gasteiger partial charge on any atom is -0.507 e. The second-order valence-corrected chi connectivity index (χ2v) is 6.85. The zero-order chi connectivity index (χ0) is 19.0. The average molecular weight is 366 g/mol. The fourth-order valence-electron chi connectivity index (χ4n) is 3.76. The van der Waals surface area contributed by atoms with Crippen LogP contribution in [0.15, 0.2) is 36.7 Å². The van der Waals surface area contributed by atoms with Crippen molar-refractivity contribution in [2.24, 2.45) is 0 Å². The quantitative estimate of drug-likeness (QED) is 0.711. The molecule has 0 bridgehead atoms. The van der Waals surface area contributed by atoms with Crippen molar-refractivity contribution in [3.05, 3.63) is 47.8 Å². The number of rotatable bonds is 4. The normalized spacial score (nSPS) is 15.2. The molecule has 3 aromatic rings. The van der Waals surface area contributed by atoms with E-state index in [-0.39, 0.29) is 17.1 Å². The number of pyridine rings is 1. The van der Waals surface area contributed by atoms with Gasteiger partial charge in [0.05, 0.1) is 19.0 Å². The highest BCUT2D eigenvalue weighted by Crippen LogP contribution is 2.35. The van der Waals surface area contributed by atoms with Crippen LogP contribution >= 0.6 is 0 Å². The molecule has 0 amide bonds. The Morgan fingerprint density at radius 3 is 2.78 bits per heavy atom. The van der Waals surface area contributed by atoms with Crippen LogP contribution in [0.5, 0.6) is 11.5 Å². The first-order valence-electron chi connectivity index (χ1n) is 9.05. The Labute approximate surface area is 157 Å². The molecule has 27 heavy (non-hydrogen) atoms. The lowest BCUT2D eigenvalue weighted by molar-refractivity contribution is 0.0853. The van der Waals surface area contributed by atoms with Crippen molar-refractivity contribution >= 4 is 11.4 Å². The number of ketones is 1. The van der Waals surface area contributed by atoms with E-state index in [0.29, 0.717) is 11.7 Å². The highest BCUT2D eigenvalue weighted by molar-refractivity contribution is 6.00. The average Bonchev–Trinajstić information content (AvgIpc) is 3.10. The molecule has 6 nitrogen and oxygen atoms in total. The molecule has 0 atom stereocenters. The SMILES string of the molecule is COc1cc(-c2cnc3cc(C4CCOCC4)ccn23)cc(O)c1C(C)=O. The summed E-state index contributed by atoms with van der Waals surface area (Å²) in [5.41, 5.74) is 3.88. The van der Waals surface area contributed by atoms with Crippen molar-refractivity contribution in [1.82, 2.24) is 9.38 Å². The van der Waals surface area contributed by atoms with Crippen molar-refractivity contribution in [2.75, 3.05) is 20.3 Å². The highest BCUT2D eigenvalue weighted by Gasteiger charge is 2.19. The van der Waals surface area contributed by atoms with E-state index in [9.17, 15) is 9.90 Å². The van der Waals surface area contributed by atoms with Gasteiger partial charge in [-0.2, -0.15) is 0 Å². The number of hydrogen-bond acceptors (Lipinski definition) is 5. The van der Waals surface area contributed by atoms with Gasteiger partial charge in [0.1, 0.15) is 22.7 Å². The summed E-state index contributed by atoms with van der Waals surface area (Å²) < 4.78 is 12.7. The van der Waals surface area contributed by atoms with Crippen LogP contribution in [0.1, 0.15) is 41.6 Å². The lowest BCUT2D eigenvalue weighted by Crippen LogP contribution is -2.14. The van der Waals surface area contributed by atoms with Crippen molar-refractivity contribution in [3.63, 3.8) is 0 Å². The summed E-state index contributed by atoms with van der Waals surface area (Å²) in [7, 11) is 1.49. The summed E-state index contributed by atoms with van der Waals surface area (Å²) in [5.74, 6) is 0.523. The number of carbonyl (C=O) groups excluding carboxylic acids is 1. The molecule has 1 N–H and O–H groups in total. The molecule has 2 aromatic heterocycles. The summed E-state index contributed by atoms with van der Waals surface area (Å²) >= 11 is 0. The third-order valence-electron chi connectivity index (χ3n) is 5.18. The fourth-order valence-corrected chi connectivity index (χ4v) is 3.76. The first-order valence-corrected chi connectivity index (χ1v) is 9.05. The van der Waals surface area contributed by atoms with Gasteiger partial charge in [0, 0.05) is 25.0 Å². The Kier molecular flexibility index (Phi) is 4.58. The molecule has 4 rings (SSSR count). The molecule has 1 aliphatic heterocycles. The van der Waals surface area contributed by atoms with Gasteiger partial charge in [0.25, 0.3) is 0 Å². The van der Waals surface area contributed by atoms with E-state index in [1.165, 1.54) is 19.6 Å². The zero-order valence-electron chi connectivity index (χ0n) is 15.4. The van der Waals surface area contributed by atoms with Crippen LogP contribution in [0.2, 0.25) is 0 Å². The first-order chi connectivity index (χ1) is 13.1. The number of phenolic OH excluding ortho intramolecular Hbond substituents is 1. The number of benzene rings is 1. The lowest BCUT2D eigenvalue weighted by atomic mass is 9.92. The number of methoxy groups -OCH3 is 1. The topological polar surface area (TPSA) is 73.1 Å². The Morgan fingerprint density at radius 2 is 2.07 bits per heavy atom. The first kappa shape index (κ1) is 17.5. The summed E-state index contributed by atoms with van der Waals surface area (Å²) in [5, 5.41) is 10.3. The standard InChI is InChI=1S/C21H22N2O4/c1-13(24)21-18(25)9-16(10-19(21)26-2)17-12-22-20-11-15(3-6-23(17)20)14-4-7-27-8-5-14/h3,6,9-12,14,25H,4-5,7-8H2,1-2H3.